The highest BCUT2D eigenvalue weighted by Gasteiger charge is 2.25. The van der Waals surface area contributed by atoms with Gasteiger partial charge in [-0.25, -0.2) is 4.79 Å². The van der Waals surface area contributed by atoms with Crippen LogP contribution in [0.1, 0.15) is 220 Å². The largest absolute Gasteiger partial charge is 0.462 e. The van der Waals surface area contributed by atoms with Crippen molar-refractivity contribution in [2.45, 2.75) is 238 Å². The molecule has 3 aliphatic rings. The highest BCUT2D eigenvalue weighted by Crippen LogP contribution is 2.30. The van der Waals surface area contributed by atoms with Crippen molar-refractivity contribution in [1.82, 2.24) is 4.90 Å². The van der Waals surface area contributed by atoms with Gasteiger partial charge in [0.25, 0.3) is 0 Å². The van der Waals surface area contributed by atoms with Crippen LogP contribution in [0, 0.1) is 17.8 Å². The second-order valence-electron chi connectivity index (χ2n) is 20.6. The van der Waals surface area contributed by atoms with Crippen molar-refractivity contribution >= 4 is 35.9 Å². The fourth-order valence-electron chi connectivity index (χ4n) is 9.50. The van der Waals surface area contributed by atoms with E-state index in [1.54, 1.807) is 20.8 Å². The van der Waals surface area contributed by atoms with Gasteiger partial charge in [0.15, 0.2) is 12.2 Å². The number of hydrogen-bond acceptors (Lipinski definition) is 13. The Labute approximate surface area is 403 Å². The minimum atomic E-state index is -0.973. The molecule has 0 bridgehead atoms. The smallest absolute Gasteiger partial charge is 0.410 e. The summed E-state index contributed by atoms with van der Waals surface area (Å²) in [4.78, 5) is 78.4. The summed E-state index contributed by atoms with van der Waals surface area (Å²) in [7, 11) is 0. The Hall–Kier alpha value is -3.42. The van der Waals surface area contributed by atoms with Gasteiger partial charge < -0.3 is 38.1 Å². The maximum atomic E-state index is 13.3. The number of hydrogen-bond donors (Lipinski definition) is 0. The number of carbonyl (C=O) groups is 6. The topological polar surface area (TPSA) is 170 Å². The first-order chi connectivity index (χ1) is 32.3. The SMILES string of the molecule is CCCC(=O)OCC(COC(=O)CCCC1CCCCC1)OC(=O)CCCN(CCCC(=O)OC(COCCCCC1CCCCC1)COC(=O)CCCC1CCCCC1)C(=O)OC(C)(C)C. The molecule has 0 aromatic rings. The first kappa shape index (κ1) is 57.9. The molecule has 14 nitrogen and oxygen atoms in total. The van der Waals surface area contributed by atoms with E-state index in [1.165, 1.54) is 108 Å². The van der Waals surface area contributed by atoms with Gasteiger partial charge in [-0.1, -0.05) is 116 Å². The van der Waals surface area contributed by atoms with Gasteiger partial charge in [-0.2, -0.15) is 0 Å². The lowest BCUT2D eigenvalue weighted by Gasteiger charge is -2.27. The van der Waals surface area contributed by atoms with Crippen molar-refractivity contribution in [2.24, 2.45) is 17.8 Å². The molecule has 2 unspecified atom stereocenters. The summed E-state index contributed by atoms with van der Waals surface area (Å²) in [6.45, 7) is 7.54. The first-order valence-corrected chi connectivity index (χ1v) is 26.7. The number of amides is 1. The van der Waals surface area contributed by atoms with Gasteiger partial charge in [-0.05, 0) is 89.9 Å². The zero-order valence-corrected chi connectivity index (χ0v) is 42.3. The fraction of sp³-hybridized carbons (Fsp3) is 0.887. The maximum absolute atomic E-state index is 13.3. The molecule has 3 fully saturated rings. The molecule has 0 aliphatic heterocycles. The molecule has 0 spiro atoms. The summed E-state index contributed by atoms with van der Waals surface area (Å²) in [6, 6.07) is 0. The molecular weight excluding hydrogens is 859 g/mol. The van der Waals surface area contributed by atoms with E-state index in [9.17, 15) is 28.8 Å². The molecule has 2 atom stereocenters. The van der Waals surface area contributed by atoms with Gasteiger partial charge in [-0.15, -0.1) is 0 Å². The molecule has 0 heterocycles. The minimum Gasteiger partial charge on any atom is -0.462 e. The average Bonchev–Trinajstić information content (AvgIpc) is 3.30. The average molecular weight is 950 g/mol. The van der Waals surface area contributed by atoms with Crippen LogP contribution in [0.15, 0.2) is 0 Å². The lowest BCUT2D eigenvalue weighted by Crippen LogP contribution is -2.38. The molecular formula is C53H91NO13. The van der Waals surface area contributed by atoms with E-state index in [0.717, 1.165) is 44.4 Å². The normalized spacial score (nSPS) is 17.2. The molecule has 0 saturated heterocycles. The van der Waals surface area contributed by atoms with E-state index in [1.807, 2.05) is 6.92 Å². The van der Waals surface area contributed by atoms with Gasteiger partial charge in [0, 0.05) is 51.8 Å². The number of ether oxygens (including phenoxy) is 7. The van der Waals surface area contributed by atoms with Crippen molar-refractivity contribution in [3.63, 3.8) is 0 Å². The van der Waals surface area contributed by atoms with Gasteiger partial charge in [0.05, 0.1) is 6.61 Å². The number of nitrogens with zero attached hydrogens (tertiary/aromatic N) is 1. The first-order valence-electron chi connectivity index (χ1n) is 26.7. The van der Waals surface area contributed by atoms with E-state index in [2.05, 4.69) is 0 Å². The summed E-state index contributed by atoms with van der Waals surface area (Å²) in [5.41, 5.74) is -0.778. The summed E-state index contributed by atoms with van der Waals surface area (Å²) < 4.78 is 39.4. The van der Waals surface area contributed by atoms with E-state index in [-0.39, 0.29) is 90.0 Å². The molecule has 0 N–H and O–H groups in total. The Morgan fingerprint density at radius 2 is 0.866 bits per heavy atom. The zero-order valence-electron chi connectivity index (χ0n) is 42.3. The lowest BCUT2D eigenvalue weighted by atomic mass is 9.86. The second-order valence-corrected chi connectivity index (χ2v) is 20.6. The number of carbonyl (C=O) groups excluding carboxylic acids is 6. The van der Waals surface area contributed by atoms with Crippen LogP contribution in [-0.4, -0.2) is 105 Å². The third-order valence-electron chi connectivity index (χ3n) is 13.2. The summed E-state index contributed by atoms with van der Waals surface area (Å²) >= 11 is 0. The third kappa shape index (κ3) is 29.3. The second kappa shape index (κ2) is 34.8. The molecule has 3 saturated carbocycles. The van der Waals surface area contributed by atoms with E-state index in [0.29, 0.717) is 31.3 Å². The van der Waals surface area contributed by atoms with Crippen LogP contribution in [0.25, 0.3) is 0 Å². The molecule has 0 aromatic carbocycles. The Kier molecular flexibility index (Phi) is 30.1. The van der Waals surface area contributed by atoms with Gasteiger partial charge in [-0.3, -0.25) is 24.0 Å². The lowest BCUT2D eigenvalue weighted by molar-refractivity contribution is -0.167. The van der Waals surface area contributed by atoms with Gasteiger partial charge >= 0.3 is 35.9 Å². The van der Waals surface area contributed by atoms with Crippen molar-refractivity contribution in [2.75, 3.05) is 46.1 Å². The van der Waals surface area contributed by atoms with Crippen LogP contribution in [0.5, 0.6) is 0 Å². The van der Waals surface area contributed by atoms with Crippen LogP contribution in [0.3, 0.4) is 0 Å². The highest BCUT2D eigenvalue weighted by atomic mass is 16.6. The summed E-state index contributed by atoms with van der Waals surface area (Å²) in [5.74, 6) is -0.0602. The van der Waals surface area contributed by atoms with E-state index in [4.69, 9.17) is 33.2 Å². The monoisotopic (exact) mass is 950 g/mol. The van der Waals surface area contributed by atoms with Crippen molar-refractivity contribution in [1.29, 1.82) is 0 Å². The fourth-order valence-corrected chi connectivity index (χ4v) is 9.50. The van der Waals surface area contributed by atoms with Crippen molar-refractivity contribution in [3.8, 4) is 0 Å². The van der Waals surface area contributed by atoms with Gasteiger partial charge in [0.2, 0.25) is 0 Å². The molecule has 3 rings (SSSR count). The standard InChI is InChI=1S/C53H91NO13/c1-5-21-47(55)62-40-46(41-64-49(57)32-18-30-44-26-13-8-14-27-44)66-51(59)34-20-36-54(52(60)67-53(2,3)4)35-19-33-50(58)65-45(38-61-37-16-15-28-42-22-9-6-10-23-42)39-63-48(56)31-17-29-43-24-11-7-12-25-43/h42-46H,5-41H2,1-4H3. The van der Waals surface area contributed by atoms with Crippen LogP contribution in [-0.2, 0) is 57.1 Å². The Balaban J connectivity index is 1.47. The van der Waals surface area contributed by atoms with E-state index >= 15 is 0 Å². The number of rotatable bonds is 33. The van der Waals surface area contributed by atoms with Crippen molar-refractivity contribution in [3.05, 3.63) is 0 Å². The zero-order chi connectivity index (χ0) is 48.5. The molecule has 1 amide bonds. The maximum Gasteiger partial charge on any atom is 0.410 e. The van der Waals surface area contributed by atoms with E-state index < -0.39 is 41.8 Å². The summed E-state index contributed by atoms with van der Waals surface area (Å²) in [6.07, 6.45) is 25.4. The molecule has 3 aliphatic carbocycles. The molecule has 0 aromatic heterocycles. The Bertz CT molecular complexity index is 1400. The van der Waals surface area contributed by atoms with Crippen LogP contribution >= 0.6 is 0 Å². The number of esters is 5. The van der Waals surface area contributed by atoms with Crippen molar-refractivity contribution < 1.29 is 61.9 Å². The van der Waals surface area contributed by atoms with Gasteiger partial charge in [0.1, 0.15) is 25.4 Å². The molecule has 0 radical (unpaired) electrons. The van der Waals surface area contributed by atoms with Crippen LogP contribution < -0.4 is 0 Å². The highest BCUT2D eigenvalue weighted by molar-refractivity contribution is 5.72. The quantitative estimate of drug-likeness (QED) is 0.0346. The minimum absolute atomic E-state index is 0.00764. The Morgan fingerprint density at radius 3 is 1.28 bits per heavy atom. The van der Waals surface area contributed by atoms with Crippen LogP contribution in [0.2, 0.25) is 0 Å². The predicted octanol–water partition coefficient (Wildman–Crippen LogP) is 11.3. The van der Waals surface area contributed by atoms with Crippen LogP contribution in [0.4, 0.5) is 4.79 Å². The Morgan fingerprint density at radius 1 is 0.478 bits per heavy atom. The molecule has 14 heteroatoms. The summed E-state index contributed by atoms with van der Waals surface area (Å²) in [5, 5.41) is 0. The third-order valence-corrected chi connectivity index (χ3v) is 13.2. The molecule has 386 valence electrons. The number of unbranched alkanes of at least 4 members (excludes halogenated alkanes) is 1. The molecule has 67 heavy (non-hydrogen) atoms. The predicted molar refractivity (Wildman–Crippen MR) is 256 cm³/mol.